The molecule has 6 nitrogen and oxygen atoms in total. The third-order valence-corrected chi connectivity index (χ3v) is 9.10. The number of benzene rings is 2. The molecular weight excluding hydrogens is 516 g/mol. The molecule has 2 aromatic carbocycles. The average Bonchev–Trinajstić information content (AvgIpc) is 3.19. The topological polar surface area (TPSA) is 48.4 Å². The largest absolute Gasteiger partial charge is 0.378 e. The van der Waals surface area contributed by atoms with Gasteiger partial charge in [0.2, 0.25) is 0 Å². The van der Waals surface area contributed by atoms with Gasteiger partial charge in [-0.25, -0.2) is 4.99 Å². The lowest BCUT2D eigenvalue weighted by atomic mass is 9.79. The molecule has 0 aliphatic carbocycles. The maximum Gasteiger partial charge on any atom is 0.266 e. The number of halogens is 1. The van der Waals surface area contributed by atoms with Crippen LogP contribution in [0.3, 0.4) is 0 Å². The van der Waals surface area contributed by atoms with Gasteiger partial charge in [-0.1, -0.05) is 18.5 Å². The van der Waals surface area contributed by atoms with E-state index in [1.54, 1.807) is 4.90 Å². The number of nitrogens with zero attached hydrogens (tertiary/aromatic N) is 4. The zero-order chi connectivity index (χ0) is 27.0. The summed E-state index contributed by atoms with van der Waals surface area (Å²) in [7, 11) is 0. The van der Waals surface area contributed by atoms with E-state index in [0.29, 0.717) is 27.6 Å². The van der Waals surface area contributed by atoms with Gasteiger partial charge in [0.1, 0.15) is 0 Å². The Hall–Kier alpha value is -2.48. The van der Waals surface area contributed by atoms with Gasteiger partial charge in [-0.2, -0.15) is 0 Å². The molecule has 2 fully saturated rings. The van der Waals surface area contributed by atoms with Crippen LogP contribution in [0.25, 0.3) is 6.08 Å². The summed E-state index contributed by atoms with van der Waals surface area (Å²) < 4.78 is 5.46. The molecule has 0 spiro atoms. The quantitative estimate of drug-likeness (QED) is 0.377. The zero-order valence-corrected chi connectivity index (χ0v) is 24.5. The van der Waals surface area contributed by atoms with Gasteiger partial charge in [0, 0.05) is 48.1 Å². The molecule has 3 heterocycles. The minimum Gasteiger partial charge on any atom is -0.378 e. The summed E-state index contributed by atoms with van der Waals surface area (Å²) in [6.45, 7) is 15.8. The first-order chi connectivity index (χ1) is 18.2. The molecule has 202 valence electrons. The second-order valence-electron chi connectivity index (χ2n) is 10.8. The molecule has 1 unspecified atom stereocenters. The van der Waals surface area contributed by atoms with E-state index >= 15 is 0 Å². The first-order valence-electron chi connectivity index (χ1n) is 13.6. The van der Waals surface area contributed by atoms with Gasteiger partial charge in [0.05, 0.1) is 23.8 Å². The van der Waals surface area contributed by atoms with Crippen LogP contribution in [0.1, 0.15) is 58.1 Å². The number of hydrogen-bond acceptors (Lipinski definition) is 6. The summed E-state index contributed by atoms with van der Waals surface area (Å²) in [5, 5.41) is 1.37. The van der Waals surface area contributed by atoms with Crippen LogP contribution in [0.5, 0.6) is 0 Å². The Labute approximate surface area is 235 Å². The number of thioether (sulfide) groups is 1. The lowest BCUT2D eigenvalue weighted by Crippen LogP contribution is -2.48. The molecule has 1 atom stereocenters. The highest BCUT2D eigenvalue weighted by atomic mass is 35.5. The third-order valence-electron chi connectivity index (χ3n) is 7.76. The number of carbonyl (C=O) groups excluding carboxylic acids is 1. The molecular formula is C30H37ClN4O2S. The SMILES string of the molecule is CCN1C(=O)/C(=C\c2cc3c(cc2Cl)N(CC)C(C)(C)CC3C)SC1=Nc1ccc(N2CCOCC2)cc1. The van der Waals surface area contributed by atoms with Crippen LogP contribution in [0, 0.1) is 0 Å². The van der Waals surface area contributed by atoms with Gasteiger partial charge in [-0.15, -0.1) is 0 Å². The van der Waals surface area contributed by atoms with Crippen molar-refractivity contribution in [2.45, 2.75) is 52.5 Å². The minimum absolute atomic E-state index is 0.0284. The maximum absolute atomic E-state index is 13.3. The lowest BCUT2D eigenvalue weighted by molar-refractivity contribution is -0.122. The number of likely N-dealkylation sites (N-methyl/N-ethyl adjacent to an activating group) is 1. The molecule has 3 aliphatic heterocycles. The summed E-state index contributed by atoms with van der Waals surface area (Å²) in [5.74, 6) is 0.383. The van der Waals surface area contributed by atoms with Gasteiger partial charge in [-0.3, -0.25) is 9.69 Å². The molecule has 3 aliphatic rings. The molecule has 0 aromatic heterocycles. The van der Waals surface area contributed by atoms with E-state index in [9.17, 15) is 4.79 Å². The van der Waals surface area contributed by atoms with Gasteiger partial charge in [0.25, 0.3) is 5.91 Å². The molecule has 0 radical (unpaired) electrons. The molecule has 1 amide bonds. The van der Waals surface area contributed by atoms with Crippen molar-refractivity contribution in [2.75, 3.05) is 49.2 Å². The van der Waals surface area contributed by atoms with Crippen LogP contribution in [0.2, 0.25) is 5.02 Å². The van der Waals surface area contributed by atoms with Crippen LogP contribution in [0.15, 0.2) is 46.3 Å². The Kier molecular flexibility index (Phi) is 7.81. The summed E-state index contributed by atoms with van der Waals surface area (Å²) in [4.78, 5) is 25.3. The number of hydrogen-bond donors (Lipinski definition) is 0. The lowest BCUT2D eigenvalue weighted by Gasteiger charge is -2.47. The van der Waals surface area contributed by atoms with Gasteiger partial charge < -0.3 is 14.5 Å². The summed E-state index contributed by atoms with van der Waals surface area (Å²) in [6, 6.07) is 12.5. The first-order valence-corrected chi connectivity index (χ1v) is 14.7. The molecule has 2 saturated heterocycles. The Morgan fingerprint density at radius 3 is 2.50 bits per heavy atom. The van der Waals surface area contributed by atoms with Gasteiger partial charge in [-0.05, 0) is 105 Å². The minimum atomic E-state index is -0.0284. The maximum atomic E-state index is 13.3. The fraction of sp³-hybridized carbons (Fsp3) is 0.467. The standard InChI is InChI=1S/C30H37ClN4O2S/c1-6-34-28(36)27(38-29(34)32-22-8-10-23(11-9-22)33-12-14-37-15-13-33)17-21-16-24-20(3)19-30(4,5)35(7-2)26(24)18-25(21)31/h8-11,16-18,20H,6-7,12-15,19H2,1-5H3/b27-17+,32-29?. The predicted octanol–water partition coefficient (Wildman–Crippen LogP) is 6.91. The van der Waals surface area contributed by atoms with E-state index in [1.165, 1.54) is 28.7 Å². The molecule has 8 heteroatoms. The van der Waals surface area contributed by atoms with E-state index in [1.807, 2.05) is 25.1 Å². The van der Waals surface area contributed by atoms with Gasteiger partial charge >= 0.3 is 0 Å². The normalized spacial score (nSPS) is 23.5. The van der Waals surface area contributed by atoms with E-state index in [-0.39, 0.29) is 11.4 Å². The predicted molar refractivity (Wildman–Crippen MR) is 161 cm³/mol. The van der Waals surface area contributed by atoms with E-state index < -0.39 is 0 Å². The monoisotopic (exact) mass is 552 g/mol. The third kappa shape index (κ3) is 5.21. The number of amides is 1. The number of anilines is 2. The number of ether oxygens (including phenoxy) is 1. The van der Waals surface area contributed by atoms with Crippen molar-refractivity contribution in [3.05, 3.63) is 57.5 Å². The Bertz CT molecular complexity index is 1270. The van der Waals surface area contributed by atoms with Crippen molar-refractivity contribution >= 4 is 57.6 Å². The van der Waals surface area contributed by atoms with Crippen molar-refractivity contribution in [2.24, 2.45) is 4.99 Å². The van der Waals surface area contributed by atoms with Crippen LogP contribution >= 0.6 is 23.4 Å². The molecule has 2 aromatic rings. The van der Waals surface area contributed by atoms with Crippen molar-refractivity contribution in [3.63, 3.8) is 0 Å². The second-order valence-corrected chi connectivity index (χ2v) is 12.2. The Morgan fingerprint density at radius 1 is 1.13 bits per heavy atom. The number of aliphatic imine (C=N–C) groups is 1. The Morgan fingerprint density at radius 2 is 1.84 bits per heavy atom. The molecule has 5 rings (SSSR count). The first kappa shape index (κ1) is 27.1. The molecule has 0 N–H and O–H groups in total. The van der Waals surface area contributed by atoms with E-state index in [4.69, 9.17) is 21.3 Å². The summed E-state index contributed by atoms with van der Waals surface area (Å²) in [5.41, 5.74) is 5.46. The molecule has 0 bridgehead atoms. The number of morpholine rings is 1. The highest BCUT2D eigenvalue weighted by Crippen LogP contribution is 2.46. The number of carbonyl (C=O) groups is 1. The molecule has 0 saturated carbocycles. The van der Waals surface area contributed by atoms with Gasteiger partial charge in [0.15, 0.2) is 5.17 Å². The molecule has 38 heavy (non-hydrogen) atoms. The van der Waals surface area contributed by atoms with Crippen LogP contribution in [-0.2, 0) is 9.53 Å². The number of rotatable bonds is 5. The highest BCUT2D eigenvalue weighted by Gasteiger charge is 2.36. The Balaban J connectivity index is 1.42. The van der Waals surface area contributed by atoms with Crippen LogP contribution in [-0.4, -0.2) is 60.9 Å². The fourth-order valence-electron chi connectivity index (χ4n) is 5.91. The highest BCUT2D eigenvalue weighted by molar-refractivity contribution is 8.18. The van der Waals surface area contributed by atoms with E-state index in [2.05, 4.69) is 61.8 Å². The number of amidine groups is 1. The fourth-order valence-corrected chi connectivity index (χ4v) is 7.18. The summed E-state index contributed by atoms with van der Waals surface area (Å²) in [6.07, 6.45) is 3.01. The van der Waals surface area contributed by atoms with Crippen molar-refractivity contribution in [1.29, 1.82) is 0 Å². The number of fused-ring (bicyclic) bond motifs is 1. The van der Waals surface area contributed by atoms with Crippen molar-refractivity contribution in [1.82, 2.24) is 4.90 Å². The summed E-state index contributed by atoms with van der Waals surface area (Å²) >= 11 is 8.23. The van der Waals surface area contributed by atoms with Crippen LogP contribution < -0.4 is 9.80 Å². The van der Waals surface area contributed by atoms with Crippen molar-refractivity contribution in [3.8, 4) is 0 Å². The zero-order valence-electron chi connectivity index (χ0n) is 23.0. The van der Waals surface area contributed by atoms with E-state index in [0.717, 1.165) is 50.5 Å². The smallest absolute Gasteiger partial charge is 0.266 e. The average molecular weight is 553 g/mol. The second kappa shape index (κ2) is 10.9. The van der Waals surface area contributed by atoms with Crippen molar-refractivity contribution < 1.29 is 9.53 Å². The van der Waals surface area contributed by atoms with Crippen LogP contribution in [0.4, 0.5) is 17.1 Å².